The van der Waals surface area contributed by atoms with Crippen molar-refractivity contribution in [2.75, 3.05) is 40.0 Å². The molecule has 2 aliphatic rings. The Bertz CT molecular complexity index is 857. The largest absolute Gasteiger partial charge is 0.497 e. The third-order valence-corrected chi connectivity index (χ3v) is 7.02. The van der Waals surface area contributed by atoms with Gasteiger partial charge in [-0.15, -0.1) is 0 Å². The van der Waals surface area contributed by atoms with Crippen molar-refractivity contribution in [2.24, 2.45) is 0 Å². The van der Waals surface area contributed by atoms with Gasteiger partial charge in [0.1, 0.15) is 5.75 Å². The predicted octanol–water partition coefficient (Wildman–Crippen LogP) is 1.48. The molecule has 8 heteroatoms. The van der Waals surface area contributed by atoms with Crippen LogP contribution < -0.4 is 4.74 Å². The van der Waals surface area contributed by atoms with Crippen LogP contribution in [-0.4, -0.2) is 61.6 Å². The molecule has 0 bridgehead atoms. The fourth-order valence-electron chi connectivity index (χ4n) is 3.66. The van der Waals surface area contributed by atoms with Gasteiger partial charge in [-0.05, 0) is 29.8 Å². The summed E-state index contributed by atoms with van der Waals surface area (Å²) in [6, 6.07) is 11.2. The number of hydrogen-bond acceptors (Lipinski definition) is 4. The van der Waals surface area contributed by atoms with E-state index in [9.17, 15) is 8.42 Å². The summed E-state index contributed by atoms with van der Waals surface area (Å²) in [5.74, 6) is 0.752. The Kier molecular flexibility index (Phi) is 4.74. The second-order valence-corrected chi connectivity index (χ2v) is 8.31. The Balaban J connectivity index is 1.75. The molecule has 26 heavy (non-hydrogen) atoms. The fourth-order valence-corrected chi connectivity index (χ4v) is 5.38. The molecule has 2 aromatic rings. The lowest BCUT2D eigenvalue weighted by molar-refractivity contribution is 0.0689. The molecule has 1 fully saturated rings. The van der Waals surface area contributed by atoms with Gasteiger partial charge in [-0.25, -0.2) is 0 Å². The number of morpholine rings is 1. The zero-order valence-electron chi connectivity index (χ0n) is 14.7. The third-order valence-electron chi connectivity index (χ3n) is 5.02. The number of nitrogens with zero attached hydrogens (tertiary/aromatic N) is 3. The molecule has 2 aliphatic heterocycles. The summed E-state index contributed by atoms with van der Waals surface area (Å²) < 4.78 is 42.5. The summed E-state index contributed by atoms with van der Waals surface area (Å²) in [5, 5.41) is 0. The molecule has 0 amide bonds. The normalized spacial score (nSPS) is 22.1. The van der Waals surface area contributed by atoms with E-state index in [1.165, 1.54) is 4.31 Å². The summed E-state index contributed by atoms with van der Waals surface area (Å²) in [4.78, 5) is 0. The number of hydrogen-bond donors (Lipinski definition) is 0. The minimum Gasteiger partial charge on any atom is -0.497 e. The third kappa shape index (κ3) is 3.03. The minimum atomic E-state index is -3.58. The minimum absolute atomic E-state index is 0.350. The van der Waals surface area contributed by atoms with Crippen molar-refractivity contribution in [3.05, 3.63) is 53.9 Å². The van der Waals surface area contributed by atoms with Crippen molar-refractivity contribution < 1.29 is 17.9 Å². The van der Waals surface area contributed by atoms with Gasteiger partial charge in [-0.1, -0.05) is 12.1 Å². The monoisotopic (exact) mass is 377 g/mol. The maximum atomic E-state index is 13.3. The van der Waals surface area contributed by atoms with Crippen molar-refractivity contribution >= 4 is 10.2 Å². The number of methoxy groups -OCH3 is 1. The highest BCUT2D eigenvalue weighted by molar-refractivity contribution is 7.86. The van der Waals surface area contributed by atoms with Crippen LogP contribution >= 0.6 is 0 Å². The molecular weight excluding hydrogens is 354 g/mol. The van der Waals surface area contributed by atoms with Crippen LogP contribution in [0.25, 0.3) is 0 Å². The van der Waals surface area contributed by atoms with Gasteiger partial charge >= 0.3 is 0 Å². The average Bonchev–Trinajstić information content (AvgIpc) is 3.17. The van der Waals surface area contributed by atoms with E-state index in [0.717, 1.165) is 17.0 Å². The van der Waals surface area contributed by atoms with Crippen LogP contribution in [0, 0.1) is 0 Å². The highest BCUT2D eigenvalue weighted by Gasteiger charge is 2.40. The second kappa shape index (κ2) is 7.03. The predicted molar refractivity (Wildman–Crippen MR) is 97.3 cm³/mol. The molecule has 1 atom stereocenters. The SMILES string of the molecule is COc1ccc(C2c3cccn3CCN2S(=O)(=O)N2CCOCC2)cc1. The van der Waals surface area contributed by atoms with Crippen LogP contribution in [0.15, 0.2) is 42.6 Å². The van der Waals surface area contributed by atoms with Crippen molar-refractivity contribution in [1.29, 1.82) is 0 Å². The van der Waals surface area contributed by atoms with Gasteiger partial charge in [-0.3, -0.25) is 0 Å². The summed E-state index contributed by atoms with van der Waals surface area (Å²) >= 11 is 0. The summed E-state index contributed by atoms with van der Waals surface area (Å²) in [6.07, 6.45) is 2.00. The molecule has 0 N–H and O–H groups in total. The molecule has 0 aliphatic carbocycles. The first kappa shape index (κ1) is 17.5. The van der Waals surface area contributed by atoms with Gasteiger partial charge < -0.3 is 14.0 Å². The summed E-state index contributed by atoms with van der Waals surface area (Å²) in [6.45, 7) is 2.77. The molecule has 1 aromatic carbocycles. The smallest absolute Gasteiger partial charge is 0.283 e. The maximum absolute atomic E-state index is 13.3. The first-order valence-corrected chi connectivity index (χ1v) is 10.1. The van der Waals surface area contributed by atoms with Gasteiger partial charge in [0.05, 0.1) is 26.4 Å². The van der Waals surface area contributed by atoms with E-state index in [-0.39, 0.29) is 6.04 Å². The van der Waals surface area contributed by atoms with E-state index in [0.29, 0.717) is 39.4 Å². The lowest BCUT2D eigenvalue weighted by atomic mass is 10.0. The highest BCUT2D eigenvalue weighted by Crippen LogP contribution is 2.36. The number of rotatable bonds is 4. The van der Waals surface area contributed by atoms with Crippen LogP contribution in [0.3, 0.4) is 0 Å². The maximum Gasteiger partial charge on any atom is 0.283 e. The lowest BCUT2D eigenvalue weighted by Crippen LogP contribution is -2.52. The molecule has 7 nitrogen and oxygen atoms in total. The Labute approximate surface area is 153 Å². The van der Waals surface area contributed by atoms with E-state index in [2.05, 4.69) is 4.57 Å². The zero-order valence-corrected chi connectivity index (χ0v) is 15.6. The molecule has 1 aromatic heterocycles. The van der Waals surface area contributed by atoms with Gasteiger partial charge in [0.25, 0.3) is 10.2 Å². The first-order valence-electron chi connectivity index (χ1n) is 8.75. The van der Waals surface area contributed by atoms with Crippen LogP contribution in [0.5, 0.6) is 5.75 Å². The summed E-state index contributed by atoms with van der Waals surface area (Å²) in [5.41, 5.74) is 1.92. The van der Waals surface area contributed by atoms with Crippen LogP contribution in [-0.2, 0) is 21.5 Å². The van der Waals surface area contributed by atoms with Crippen LogP contribution in [0.4, 0.5) is 0 Å². The van der Waals surface area contributed by atoms with Gasteiger partial charge in [0.2, 0.25) is 0 Å². The molecular formula is C18H23N3O4S. The molecule has 3 heterocycles. The van der Waals surface area contributed by atoms with E-state index >= 15 is 0 Å². The Morgan fingerprint density at radius 2 is 1.77 bits per heavy atom. The molecule has 1 unspecified atom stereocenters. The molecule has 0 radical (unpaired) electrons. The number of benzene rings is 1. The topological polar surface area (TPSA) is 64.0 Å². The molecule has 0 spiro atoms. The molecule has 140 valence electrons. The number of aromatic nitrogens is 1. The molecule has 0 saturated carbocycles. The van der Waals surface area contributed by atoms with E-state index in [1.807, 2.05) is 42.6 Å². The summed E-state index contributed by atoms with van der Waals surface area (Å²) in [7, 11) is -1.96. The van der Waals surface area contributed by atoms with Crippen LogP contribution in [0.2, 0.25) is 0 Å². The van der Waals surface area contributed by atoms with E-state index in [1.54, 1.807) is 11.4 Å². The molecule has 1 saturated heterocycles. The van der Waals surface area contributed by atoms with Crippen molar-refractivity contribution in [2.45, 2.75) is 12.6 Å². The second-order valence-electron chi connectivity index (χ2n) is 6.43. The zero-order chi connectivity index (χ0) is 18.1. The van der Waals surface area contributed by atoms with Gasteiger partial charge in [0, 0.05) is 38.1 Å². The van der Waals surface area contributed by atoms with E-state index in [4.69, 9.17) is 9.47 Å². The van der Waals surface area contributed by atoms with Crippen molar-refractivity contribution in [1.82, 2.24) is 13.2 Å². The fraction of sp³-hybridized carbons (Fsp3) is 0.444. The van der Waals surface area contributed by atoms with E-state index < -0.39 is 10.2 Å². The quantitative estimate of drug-likeness (QED) is 0.810. The first-order chi connectivity index (χ1) is 12.6. The highest BCUT2D eigenvalue weighted by atomic mass is 32.2. The van der Waals surface area contributed by atoms with Gasteiger partial charge in [0.15, 0.2) is 0 Å². The Morgan fingerprint density at radius 1 is 1.04 bits per heavy atom. The molecule has 4 rings (SSSR count). The number of fused-ring (bicyclic) bond motifs is 1. The average molecular weight is 377 g/mol. The number of ether oxygens (including phenoxy) is 2. The lowest BCUT2D eigenvalue weighted by Gasteiger charge is -2.39. The Morgan fingerprint density at radius 3 is 2.46 bits per heavy atom. The Hall–Kier alpha value is -1.87. The van der Waals surface area contributed by atoms with Crippen molar-refractivity contribution in [3.63, 3.8) is 0 Å². The standard InChI is InChI=1S/C18H23N3O4S/c1-24-16-6-4-15(5-7-16)18-17-3-2-8-19(17)9-10-21(18)26(22,23)20-11-13-25-14-12-20/h2-8,18H,9-14H2,1H3. The van der Waals surface area contributed by atoms with Crippen molar-refractivity contribution in [3.8, 4) is 5.75 Å². The van der Waals surface area contributed by atoms with Crippen LogP contribution in [0.1, 0.15) is 17.3 Å². The van der Waals surface area contributed by atoms with Gasteiger partial charge in [-0.2, -0.15) is 17.0 Å².